The number of hydrogen-bond donors (Lipinski definition) is 1. The first kappa shape index (κ1) is 16.4. The molecule has 7 rings (SSSR count). The summed E-state index contributed by atoms with van der Waals surface area (Å²) in [4.78, 5) is 27.6. The Kier molecular flexibility index (Phi) is 3.52. The molecule has 0 radical (unpaired) electrons. The molecule has 146 valence electrons. The summed E-state index contributed by atoms with van der Waals surface area (Å²) in [5, 5.41) is 7.62. The lowest BCUT2D eigenvalue weighted by Crippen LogP contribution is -2.63. The SMILES string of the molecule is O=C(NC12CC3CC(CC(C3)C1)C2)C1CN(c2cc(-n3cncn3)ncn2)C1. The molecule has 3 heterocycles. The maximum absolute atomic E-state index is 12.9. The van der Waals surface area contributed by atoms with Gasteiger partial charge < -0.3 is 10.2 Å². The number of carbonyl (C=O) groups excluding carboxylic acids is 1. The lowest BCUT2D eigenvalue weighted by atomic mass is 9.53. The van der Waals surface area contributed by atoms with Gasteiger partial charge in [-0.15, -0.1) is 0 Å². The van der Waals surface area contributed by atoms with Crippen molar-refractivity contribution in [2.75, 3.05) is 18.0 Å². The fourth-order valence-corrected chi connectivity index (χ4v) is 6.42. The molecule has 4 saturated carbocycles. The average molecular weight is 379 g/mol. The molecule has 5 fully saturated rings. The highest BCUT2D eigenvalue weighted by atomic mass is 16.2. The molecule has 1 aliphatic heterocycles. The van der Waals surface area contributed by atoms with Gasteiger partial charge in [0.05, 0.1) is 5.92 Å². The Hall–Kier alpha value is -2.51. The highest BCUT2D eigenvalue weighted by molar-refractivity contribution is 5.82. The highest BCUT2D eigenvalue weighted by Crippen LogP contribution is 2.55. The molecule has 5 aliphatic rings. The standard InChI is InChI=1S/C20H25N7O/c28-19(25-20-5-13-1-14(6-20)3-15(2-13)7-20)16-8-26(9-16)17-4-18(23-11-22-17)27-12-21-10-24-27/h4,10-16H,1-3,5-9H2,(H,25,28). The van der Waals surface area contributed by atoms with Crippen LogP contribution in [0.1, 0.15) is 38.5 Å². The summed E-state index contributed by atoms with van der Waals surface area (Å²) < 4.78 is 1.61. The molecule has 2 aromatic rings. The lowest BCUT2D eigenvalue weighted by molar-refractivity contribution is -0.131. The van der Waals surface area contributed by atoms with Gasteiger partial charge >= 0.3 is 0 Å². The molecule has 28 heavy (non-hydrogen) atoms. The average Bonchev–Trinajstić information content (AvgIpc) is 3.13. The number of carbonyl (C=O) groups is 1. The molecule has 1 amide bonds. The predicted molar refractivity (Wildman–Crippen MR) is 102 cm³/mol. The third kappa shape index (κ3) is 2.69. The number of aromatic nitrogens is 5. The van der Waals surface area contributed by atoms with Crippen molar-refractivity contribution in [2.45, 2.75) is 44.1 Å². The van der Waals surface area contributed by atoms with E-state index in [9.17, 15) is 4.79 Å². The van der Waals surface area contributed by atoms with Gasteiger partial charge in [-0.1, -0.05) is 0 Å². The van der Waals surface area contributed by atoms with Gasteiger partial charge in [-0.05, 0) is 56.3 Å². The molecule has 4 bridgehead atoms. The summed E-state index contributed by atoms with van der Waals surface area (Å²) >= 11 is 0. The van der Waals surface area contributed by atoms with E-state index in [4.69, 9.17) is 0 Å². The van der Waals surface area contributed by atoms with Crippen molar-refractivity contribution in [2.24, 2.45) is 23.7 Å². The van der Waals surface area contributed by atoms with E-state index >= 15 is 0 Å². The van der Waals surface area contributed by atoms with Crippen LogP contribution in [0.15, 0.2) is 25.0 Å². The Morgan fingerprint density at radius 2 is 1.68 bits per heavy atom. The van der Waals surface area contributed by atoms with Crippen molar-refractivity contribution in [3.8, 4) is 5.82 Å². The van der Waals surface area contributed by atoms with E-state index in [0.717, 1.165) is 23.6 Å². The fraction of sp³-hybridized carbons (Fsp3) is 0.650. The first-order valence-electron chi connectivity index (χ1n) is 10.4. The summed E-state index contributed by atoms with van der Waals surface area (Å²) in [7, 11) is 0. The second-order valence-corrected chi connectivity index (χ2v) is 9.36. The maximum Gasteiger partial charge on any atom is 0.227 e. The van der Waals surface area contributed by atoms with E-state index in [1.54, 1.807) is 11.0 Å². The molecule has 1 saturated heterocycles. The van der Waals surface area contributed by atoms with Gasteiger partial charge in [-0.2, -0.15) is 5.10 Å². The van der Waals surface area contributed by atoms with Crippen LogP contribution in [0.5, 0.6) is 0 Å². The van der Waals surface area contributed by atoms with E-state index in [1.165, 1.54) is 51.2 Å². The minimum Gasteiger partial charge on any atom is -0.355 e. The van der Waals surface area contributed by atoms with Crippen molar-refractivity contribution in [3.05, 3.63) is 25.0 Å². The Bertz CT molecular complexity index is 854. The van der Waals surface area contributed by atoms with Gasteiger partial charge in [0.1, 0.15) is 24.8 Å². The van der Waals surface area contributed by atoms with Crippen molar-refractivity contribution in [1.29, 1.82) is 0 Å². The van der Waals surface area contributed by atoms with Crippen LogP contribution in [-0.4, -0.2) is 49.3 Å². The molecule has 0 aromatic carbocycles. The van der Waals surface area contributed by atoms with Crippen molar-refractivity contribution < 1.29 is 4.79 Å². The van der Waals surface area contributed by atoms with Gasteiger partial charge in [0.15, 0.2) is 5.82 Å². The van der Waals surface area contributed by atoms with E-state index in [1.807, 2.05) is 6.07 Å². The number of nitrogens with one attached hydrogen (secondary N) is 1. The summed E-state index contributed by atoms with van der Waals surface area (Å²) in [5.74, 6) is 4.35. The number of rotatable bonds is 4. The highest BCUT2D eigenvalue weighted by Gasteiger charge is 2.52. The van der Waals surface area contributed by atoms with Crippen LogP contribution in [0, 0.1) is 23.7 Å². The van der Waals surface area contributed by atoms with Crippen molar-refractivity contribution in [1.82, 2.24) is 30.0 Å². The second kappa shape index (κ2) is 5.99. The van der Waals surface area contributed by atoms with Crippen LogP contribution in [0.3, 0.4) is 0 Å². The molecule has 8 nitrogen and oxygen atoms in total. The normalized spacial score (nSPS) is 33.7. The molecular formula is C20H25N7O. The van der Waals surface area contributed by atoms with E-state index in [2.05, 4.69) is 30.3 Å². The van der Waals surface area contributed by atoms with Crippen molar-refractivity contribution >= 4 is 11.7 Å². The minimum absolute atomic E-state index is 0.0535. The Balaban J connectivity index is 1.10. The van der Waals surface area contributed by atoms with Crippen LogP contribution in [0.4, 0.5) is 5.82 Å². The number of nitrogens with zero attached hydrogens (tertiary/aromatic N) is 6. The predicted octanol–water partition coefficient (Wildman–Crippen LogP) is 1.58. The summed E-state index contributed by atoms with van der Waals surface area (Å²) in [5.41, 5.74) is 0.0986. The first-order chi connectivity index (χ1) is 13.7. The molecule has 2 aromatic heterocycles. The van der Waals surface area contributed by atoms with Crippen LogP contribution in [0.25, 0.3) is 5.82 Å². The van der Waals surface area contributed by atoms with Crippen LogP contribution in [-0.2, 0) is 4.79 Å². The van der Waals surface area contributed by atoms with Crippen LogP contribution in [0.2, 0.25) is 0 Å². The van der Waals surface area contributed by atoms with Crippen molar-refractivity contribution in [3.63, 3.8) is 0 Å². The molecule has 0 spiro atoms. The third-order valence-corrected chi connectivity index (χ3v) is 7.29. The topological polar surface area (TPSA) is 88.8 Å². The summed E-state index contributed by atoms with van der Waals surface area (Å²) in [6.45, 7) is 1.43. The van der Waals surface area contributed by atoms with Gasteiger partial charge in [0, 0.05) is 24.7 Å². The van der Waals surface area contributed by atoms with E-state index in [0.29, 0.717) is 18.9 Å². The molecule has 0 unspecified atom stereocenters. The van der Waals surface area contributed by atoms with Gasteiger partial charge in [0.25, 0.3) is 0 Å². The smallest absolute Gasteiger partial charge is 0.227 e. The minimum atomic E-state index is 0.0535. The fourth-order valence-electron chi connectivity index (χ4n) is 6.42. The first-order valence-corrected chi connectivity index (χ1v) is 10.4. The third-order valence-electron chi connectivity index (χ3n) is 7.29. The molecule has 1 N–H and O–H groups in total. The van der Waals surface area contributed by atoms with Crippen LogP contribution >= 0.6 is 0 Å². The Morgan fingerprint density at radius 3 is 2.32 bits per heavy atom. The van der Waals surface area contributed by atoms with Gasteiger partial charge in [-0.3, -0.25) is 4.79 Å². The van der Waals surface area contributed by atoms with E-state index in [-0.39, 0.29) is 17.4 Å². The molecule has 8 heteroatoms. The monoisotopic (exact) mass is 379 g/mol. The lowest BCUT2D eigenvalue weighted by Gasteiger charge is -2.57. The largest absolute Gasteiger partial charge is 0.355 e. The number of anilines is 1. The zero-order valence-corrected chi connectivity index (χ0v) is 15.9. The zero-order chi connectivity index (χ0) is 18.7. The second-order valence-electron chi connectivity index (χ2n) is 9.36. The summed E-state index contributed by atoms with van der Waals surface area (Å²) in [6, 6.07) is 1.89. The molecular weight excluding hydrogens is 354 g/mol. The summed E-state index contributed by atoms with van der Waals surface area (Å²) in [6.07, 6.45) is 12.4. The Morgan fingerprint density at radius 1 is 1.00 bits per heavy atom. The Labute approximate surface area is 163 Å². The maximum atomic E-state index is 12.9. The zero-order valence-electron chi connectivity index (χ0n) is 15.9. The molecule has 4 aliphatic carbocycles. The van der Waals surface area contributed by atoms with Crippen LogP contribution < -0.4 is 10.2 Å². The van der Waals surface area contributed by atoms with E-state index < -0.39 is 0 Å². The van der Waals surface area contributed by atoms with Gasteiger partial charge in [-0.25, -0.2) is 19.6 Å². The molecule has 0 atom stereocenters. The number of amides is 1. The quantitative estimate of drug-likeness (QED) is 0.868. The van der Waals surface area contributed by atoms with Gasteiger partial charge in [0.2, 0.25) is 5.91 Å². The number of hydrogen-bond acceptors (Lipinski definition) is 6.